The quantitative estimate of drug-likeness (QED) is 0.0292. The van der Waals surface area contributed by atoms with E-state index in [0.717, 1.165) is 43.6 Å². The molecule has 0 bridgehead atoms. The van der Waals surface area contributed by atoms with Crippen LogP contribution in [-0.4, -0.2) is 340 Å². The van der Waals surface area contributed by atoms with Crippen molar-refractivity contribution >= 4 is 94.3 Å². The molecule has 0 rings (SSSR count). The number of carbonyl (C=O) groups is 16. The predicted octanol–water partition coefficient (Wildman–Crippen LogP) is 4.60. The molecule has 0 aromatic rings. The third-order valence-corrected chi connectivity index (χ3v) is 20.1. The van der Waals surface area contributed by atoms with Gasteiger partial charge in [-0.2, -0.15) is 0 Å². The van der Waals surface area contributed by atoms with Gasteiger partial charge in [0.1, 0.15) is 22.2 Å². The summed E-state index contributed by atoms with van der Waals surface area (Å²) in [6, 6.07) is 0. The molecule has 42 nitrogen and oxygen atoms in total. The third kappa shape index (κ3) is 85.9. The second-order valence-corrected chi connectivity index (χ2v) is 34.0. The van der Waals surface area contributed by atoms with Crippen molar-refractivity contribution in [3.63, 3.8) is 0 Å². The number of hydrogen-bond donors (Lipinski definition) is 14. The highest BCUT2D eigenvalue weighted by Gasteiger charge is 2.38. The fourth-order valence-electron chi connectivity index (χ4n) is 12.0. The Bertz CT molecular complexity index is 3800. The van der Waals surface area contributed by atoms with Crippen LogP contribution < -0.4 is 74.4 Å². The van der Waals surface area contributed by atoms with E-state index in [-0.39, 0.29) is 200 Å². The predicted molar refractivity (Wildman–Crippen MR) is 573 cm³/mol. The van der Waals surface area contributed by atoms with Crippen molar-refractivity contribution < 1.29 is 134 Å². The lowest BCUT2D eigenvalue weighted by Gasteiger charge is -2.35. The Hall–Kier alpha value is -12.7. The highest BCUT2D eigenvalue weighted by molar-refractivity contribution is 5.93. The molecule has 14 N–H and O–H groups in total. The number of ketones is 2. The van der Waals surface area contributed by atoms with E-state index < -0.39 is 39.9 Å². The highest BCUT2D eigenvalue weighted by atomic mass is 16.5. The molecule has 0 spiro atoms. The van der Waals surface area contributed by atoms with Crippen molar-refractivity contribution in [2.24, 2.45) is 17.8 Å². The number of carbonyl (C=O) groups excluding carboxylic acids is 16. The van der Waals surface area contributed by atoms with Gasteiger partial charge in [-0.15, -0.1) is 0 Å². The van der Waals surface area contributed by atoms with Crippen LogP contribution in [0.25, 0.3) is 0 Å². The van der Waals surface area contributed by atoms with Gasteiger partial charge in [-0.3, -0.25) is 76.7 Å². The first-order chi connectivity index (χ1) is 71.5. The van der Waals surface area contributed by atoms with Gasteiger partial charge >= 0.3 is 0 Å². The molecule has 0 radical (unpaired) electrons. The fourth-order valence-corrected chi connectivity index (χ4v) is 12.0. The highest BCUT2D eigenvalue weighted by Crippen LogP contribution is 2.18. The van der Waals surface area contributed by atoms with E-state index in [2.05, 4.69) is 180 Å². The van der Waals surface area contributed by atoms with Crippen molar-refractivity contribution in [3.8, 4) is 0 Å². The van der Waals surface area contributed by atoms with Gasteiger partial charge in [-0.05, 0) is 198 Å². The number of unbranched alkanes of at least 4 members (excludes halogenated alkanes) is 5. The van der Waals surface area contributed by atoms with Gasteiger partial charge in [0.2, 0.25) is 82.7 Å². The molecular weight excluding hydrogens is 1930 g/mol. The summed E-state index contributed by atoms with van der Waals surface area (Å²) in [7, 11) is 0. The van der Waals surface area contributed by atoms with Gasteiger partial charge in [-0.1, -0.05) is 126 Å². The summed E-state index contributed by atoms with van der Waals surface area (Å²) >= 11 is 0. The Kier molecular flexibility index (Phi) is 92.0. The zero-order valence-corrected chi connectivity index (χ0v) is 88.4. The summed E-state index contributed by atoms with van der Waals surface area (Å²) in [6.45, 7) is 70.3. The molecule has 0 fully saturated rings. The van der Waals surface area contributed by atoms with Crippen molar-refractivity contribution in [3.05, 3.63) is 202 Å². The summed E-state index contributed by atoms with van der Waals surface area (Å²) in [6.07, 6.45) is 28.8. The number of nitrogens with one attached hydrogen (secondary N) is 14. The van der Waals surface area contributed by atoms with Crippen molar-refractivity contribution in [1.29, 1.82) is 0 Å². The summed E-state index contributed by atoms with van der Waals surface area (Å²) in [5.74, 6) is -4.15. The van der Waals surface area contributed by atoms with Crippen LogP contribution in [0.5, 0.6) is 0 Å². The maximum absolute atomic E-state index is 12.4. The molecule has 838 valence electrons. The average Bonchev–Trinajstić information content (AvgIpc) is 0.897. The molecule has 0 heterocycles. The van der Waals surface area contributed by atoms with Crippen molar-refractivity contribution in [1.82, 2.24) is 74.4 Å². The normalized spacial score (nSPS) is 11.6. The lowest BCUT2D eigenvalue weighted by molar-refractivity contribution is -0.124. The van der Waals surface area contributed by atoms with Crippen molar-refractivity contribution in [2.75, 3.05) is 224 Å². The summed E-state index contributed by atoms with van der Waals surface area (Å²) in [4.78, 5) is 185. The van der Waals surface area contributed by atoms with E-state index in [1.54, 1.807) is 0 Å². The molecule has 14 amide bonds. The minimum absolute atomic E-state index is 0.000504. The first-order valence-corrected chi connectivity index (χ1v) is 49.5. The molecule has 0 aliphatic rings. The average molecular weight is 2100 g/mol. The van der Waals surface area contributed by atoms with Crippen LogP contribution in [0.4, 0.5) is 0 Å². The summed E-state index contributed by atoms with van der Waals surface area (Å²) in [5, 5.41) is 38.3. The van der Waals surface area contributed by atoms with Crippen LogP contribution in [0.2, 0.25) is 0 Å². The van der Waals surface area contributed by atoms with E-state index in [1.165, 1.54) is 72.9 Å². The Balaban J connectivity index is -0.000000942. The van der Waals surface area contributed by atoms with Gasteiger partial charge in [0, 0.05) is 131 Å². The maximum atomic E-state index is 12.4. The van der Waals surface area contributed by atoms with Gasteiger partial charge < -0.3 is 131 Å². The first-order valence-electron chi connectivity index (χ1n) is 49.5. The molecule has 42 heteroatoms. The Morgan fingerprint density at radius 2 is 0.376 bits per heavy atom. The number of hydrogen-bond acceptors (Lipinski definition) is 28. The maximum Gasteiger partial charge on any atom is 0.244 e. The van der Waals surface area contributed by atoms with Crippen LogP contribution in [0.15, 0.2) is 202 Å². The molecule has 0 aliphatic carbocycles. The topological polar surface area (TPSA) is 552 Å². The second-order valence-electron chi connectivity index (χ2n) is 34.0. The van der Waals surface area contributed by atoms with E-state index in [9.17, 15) is 76.7 Å². The van der Waals surface area contributed by atoms with Crippen LogP contribution in [0, 0.1) is 17.8 Å². The SMILES string of the molecule is C=CC(=O)CCC(C)COCC(COCC(C)CNC(=O)C=C)(COCC(C)CNC(=O)C=C)NC(=O)C=C.C=CC(=O)CCCCOCC(COCCCNC(=O)C=C)(COCCCNC(=O)C=C)NC(=O)C=C.C=CC(=O)NCCCCOCC(COCCCCNC(=O)C=C)(COCCCCNC(=O)C=C)NC(=O)C=C.C=CC(=O)NCCCCOCC(COCCNC(=O)C=C)(COCCNC(=O)C=C)NC(=O)C=C. The molecule has 0 aromatic carbocycles. The Labute approximate surface area is 881 Å². The Morgan fingerprint density at radius 3 is 0.604 bits per heavy atom. The van der Waals surface area contributed by atoms with Crippen LogP contribution in [0.3, 0.4) is 0 Å². The van der Waals surface area contributed by atoms with Gasteiger partial charge in [0.25, 0.3) is 0 Å². The minimum atomic E-state index is -1.05. The molecule has 0 aromatic heterocycles. The van der Waals surface area contributed by atoms with Crippen LogP contribution in [-0.2, 0) is 134 Å². The largest absolute Gasteiger partial charge is 0.379 e. The molecule has 0 aliphatic heterocycles. The zero-order valence-electron chi connectivity index (χ0n) is 88.4. The van der Waals surface area contributed by atoms with E-state index >= 15 is 0 Å². The smallest absolute Gasteiger partial charge is 0.244 e. The molecule has 3 unspecified atom stereocenters. The molecule has 0 saturated carbocycles. The Morgan fingerprint density at radius 1 is 0.195 bits per heavy atom. The fraction of sp³-hybridized carbons (Fsp3) is 0.551. The van der Waals surface area contributed by atoms with Crippen molar-refractivity contribution in [2.45, 2.75) is 139 Å². The van der Waals surface area contributed by atoms with Gasteiger partial charge in [0.15, 0.2) is 11.6 Å². The number of rotatable bonds is 96. The van der Waals surface area contributed by atoms with E-state index in [0.29, 0.717) is 195 Å². The number of allylic oxidation sites excluding steroid dienone is 2. The molecule has 3 atom stereocenters. The van der Waals surface area contributed by atoms with Gasteiger partial charge in [0.05, 0.1) is 106 Å². The van der Waals surface area contributed by atoms with Crippen LogP contribution in [0.1, 0.15) is 117 Å². The lowest BCUT2D eigenvalue weighted by Crippen LogP contribution is -2.58. The van der Waals surface area contributed by atoms with Gasteiger partial charge in [-0.25, -0.2) is 0 Å². The zero-order chi connectivity index (χ0) is 112. The molecule has 0 saturated heterocycles. The lowest BCUT2D eigenvalue weighted by atomic mass is 10.0. The van der Waals surface area contributed by atoms with E-state index in [1.807, 2.05) is 20.8 Å². The second kappa shape index (κ2) is 96.1. The molecular formula is C107H172N14O28. The standard InChI is InChI=1S/C29H47N3O7.C28H46N4O7.C26H41N3O7.C24H38N4O7/c1-8-25(33)13-12-22(5)16-37-19-29(32-28(36)11-4,20-38-17-23(6)14-30-26(34)9-2)21-39-18-24(7)15-31-27(35)10-3;1-5-24(33)29-15-9-12-18-37-21-28(32-27(36)8-4,22-38-19-13-10-16-30-25(34)6-2)23-39-20-14-11-17-31-26(35)7-3;1-5-22(30)13-9-10-16-34-19-26(29-25(33)8-4,20-35-17-11-14-27-23(31)6-2)21-36-18-12-15-28-24(32)7-3;1-5-20(29)25-11-9-10-14-33-17-24(28-23(32)8-4,18-34-15-12-26-21(30)6-2)19-35-16-13-27-22(31)7-3/h8-11,22-24H,1-4,12-21H2,5-7H3,(H,30,34)(H,31,35)(H,32,36);5-8H,1-4,9-23H2,(H,29,33)(H,30,34)(H,31,35)(H,32,36);5-8H,1-4,9-21H2,(H,27,31)(H,28,32)(H,29,33);5-8H,1-4,9-19H2,(H,25,29)(H,26,30)(H,27,31)(H,28,32). The van der Waals surface area contributed by atoms with E-state index in [4.69, 9.17) is 56.8 Å². The van der Waals surface area contributed by atoms with Crippen LogP contribution >= 0.6 is 0 Å². The minimum Gasteiger partial charge on any atom is -0.379 e. The third-order valence-electron chi connectivity index (χ3n) is 20.1. The number of ether oxygens (including phenoxy) is 12. The summed E-state index contributed by atoms with van der Waals surface area (Å²) < 4.78 is 70.2. The molecule has 149 heavy (non-hydrogen) atoms. The summed E-state index contributed by atoms with van der Waals surface area (Å²) in [5.41, 5.74) is -4.02. The number of amides is 14. The monoisotopic (exact) mass is 2100 g/mol. The first kappa shape index (κ1) is 143.